The van der Waals surface area contributed by atoms with Crippen LogP contribution in [-0.2, 0) is 29.2 Å². The Labute approximate surface area is 199 Å². The van der Waals surface area contributed by atoms with Crippen molar-refractivity contribution >= 4 is 44.6 Å². The first kappa shape index (κ1) is 23.7. The molecule has 176 valence electrons. The second-order valence-electron chi connectivity index (χ2n) is 9.12. The van der Waals surface area contributed by atoms with E-state index in [-0.39, 0.29) is 34.0 Å². The van der Waals surface area contributed by atoms with Gasteiger partial charge in [0.2, 0.25) is 0 Å². The average molecular weight is 578 g/mol. The van der Waals surface area contributed by atoms with Gasteiger partial charge >= 0.3 is 5.97 Å². The summed E-state index contributed by atoms with van der Waals surface area (Å²) >= 11 is 1.70. The van der Waals surface area contributed by atoms with Crippen LogP contribution in [0.1, 0.15) is 38.5 Å². The fraction of sp³-hybridized carbons (Fsp3) is 0.619. The van der Waals surface area contributed by atoms with Crippen molar-refractivity contribution in [3.05, 3.63) is 21.8 Å². The van der Waals surface area contributed by atoms with Gasteiger partial charge in [-0.05, 0) is 91.2 Å². The van der Waals surface area contributed by atoms with Crippen molar-refractivity contribution < 1.29 is 41.9 Å². The lowest BCUT2D eigenvalue weighted by Crippen LogP contribution is -2.61. The quantitative estimate of drug-likeness (QED) is 0.183. The van der Waals surface area contributed by atoms with Gasteiger partial charge in [-0.1, -0.05) is 0 Å². The normalized spacial score (nSPS) is 30.8. The van der Waals surface area contributed by atoms with E-state index in [1.54, 1.807) is 22.6 Å². The Morgan fingerprint density at radius 1 is 1.12 bits per heavy atom. The maximum absolute atomic E-state index is 12.0. The molecule has 2 unspecified atom stereocenters. The van der Waals surface area contributed by atoms with E-state index < -0.39 is 33.1 Å². The zero-order valence-corrected chi connectivity index (χ0v) is 20.2. The fourth-order valence-electron chi connectivity index (χ4n) is 5.96. The number of benzene rings is 1. The van der Waals surface area contributed by atoms with Crippen molar-refractivity contribution in [2.24, 2.45) is 17.3 Å². The van der Waals surface area contributed by atoms with Crippen molar-refractivity contribution in [2.75, 3.05) is 19.8 Å². The van der Waals surface area contributed by atoms with E-state index in [1.807, 2.05) is 0 Å². The number of carboxylic acid groups (broad SMARTS) is 1. The van der Waals surface area contributed by atoms with E-state index in [2.05, 4.69) is 0 Å². The summed E-state index contributed by atoms with van der Waals surface area (Å²) in [5.74, 6) is -0.678. The smallest absolute Gasteiger partial charge is 0.344 e. The highest BCUT2D eigenvalue weighted by Crippen LogP contribution is 2.62. The number of carbonyl (C=O) groups is 2. The minimum atomic E-state index is -4.58. The van der Waals surface area contributed by atoms with Crippen molar-refractivity contribution in [1.29, 1.82) is 0 Å². The third kappa shape index (κ3) is 4.90. The molecule has 4 fully saturated rings. The Morgan fingerprint density at radius 2 is 1.81 bits per heavy atom. The molecule has 5 rings (SSSR count). The van der Waals surface area contributed by atoms with E-state index in [1.165, 1.54) is 12.1 Å². The molecule has 9 nitrogen and oxygen atoms in total. The third-order valence-electron chi connectivity index (χ3n) is 6.72. The van der Waals surface area contributed by atoms with Crippen molar-refractivity contribution in [1.82, 2.24) is 0 Å². The van der Waals surface area contributed by atoms with Crippen molar-refractivity contribution in [3.63, 3.8) is 0 Å². The Balaban J connectivity index is 1.23. The Kier molecular flexibility index (Phi) is 6.47. The highest BCUT2D eigenvalue weighted by Gasteiger charge is 2.58. The van der Waals surface area contributed by atoms with E-state index >= 15 is 0 Å². The van der Waals surface area contributed by atoms with Crippen LogP contribution in [0.4, 0.5) is 0 Å². The average Bonchev–Trinajstić information content (AvgIpc) is 2.67. The zero-order valence-electron chi connectivity index (χ0n) is 17.2. The van der Waals surface area contributed by atoms with E-state index in [4.69, 9.17) is 14.2 Å². The standard InChI is InChI=1S/C21H25IO9S/c22-16-6-15(1-2-17(16)32(26,27)28)30-11-18(23)29-3-4-31-21-9-13-5-14(10-21)8-20(7-13,12-21)19(24)25/h1-2,6,13-14H,3-5,7-12H2,(H,24,25)(H,26,27,28)/p-2. The molecule has 4 aliphatic rings. The van der Waals surface area contributed by atoms with Crippen molar-refractivity contribution in [3.8, 4) is 5.75 Å². The SMILES string of the molecule is O=C(COc1ccc(S(=O)(=O)[O-])c(I)c1)OCCOC12CC3CC(C1)CC(C(=O)[O-])(C3)C2. The molecule has 0 N–H and O–H groups in total. The number of hydrogen-bond donors (Lipinski definition) is 0. The van der Waals surface area contributed by atoms with Gasteiger partial charge in [-0.15, -0.1) is 0 Å². The number of carboxylic acids is 1. The monoisotopic (exact) mass is 578 g/mol. The van der Waals surface area contributed by atoms with Crippen molar-refractivity contribution in [2.45, 2.75) is 49.0 Å². The van der Waals surface area contributed by atoms with Crippen LogP contribution in [0, 0.1) is 20.8 Å². The van der Waals surface area contributed by atoms with Crippen LogP contribution in [0.3, 0.4) is 0 Å². The lowest BCUT2D eigenvalue weighted by Gasteiger charge is -2.62. The molecule has 4 aliphatic carbocycles. The molecule has 2 atom stereocenters. The first-order valence-electron chi connectivity index (χ1n) is 10.4. The summed E-state index contributed by atoms with van der Waals surface area (Å²) in [5.41, 5.74) is -1.26. The molecule has 0 radical (unpaired) electrons. The van der Waals surface area contributed by atoms with Crippen LogP contribution in [0.2, 0.25) is 0 Å². The van der Waals surface area contributed by atoms with E-state index in [9.17, 15) is 27.7 Å². The number of ether oxygens (including phenoxy) is 3. The number of halogens is 1. The molecule has 0 heterocycles. The second-order valence-corrected chi connectivity index (χ2v) is 11.6. The highest BCUT2D eigenvalue weighted by molar-refractivity contribution is 14.1. The summed E-state index contributed by atoms with van der Waals surface area (Å²) in [4.78, 5) is 23.4. The molecule has 0 spiro atoms. The minimum absolute atomic E-state index is 0.0164. The molecule has 32 heavy (non-hydrogen) atoms. The summed E-state index contributed by atoms with van der Waals surface area (Å²) < 4.78 is 50.1. The largest absolute Gasteiger partial charge is 0.744 e. The van der Waals surface area contributed by atoms with Gasteiger partial charge in [-0.3, -0.25) is 0 Å². The van der Waals surface area contributed by atoms with Gasteiger partial charge in [-0.25, -0.2) is 13.2 Å². The van der Waals surface area contributed by atoms with Crippen LogP contribution >= 0.6 is 22.6 Å². The van der Waals surface area contributed by atoms with Gasteiger partial charge in [0.05, 0.1) is 17.1 Å². The first-order chi connectivity index (χ1) is 15.0. The number of rotatable bonds is 9. The highest BCUT2D eigenvalue weighted by atomic mass is 127. The number of hydrogen-bond acceptors (Lipinski definition) is 9. The van der Waals surface area contributed by atoms with Gasteiger partial charge in [-0.2, -0.15) is 0 Å². The lowest BCUT2D eigenvalue weighted by molar-refractivity contribution is -0.332. The summed E-state index contributed by atoms with van der Waals surface area (Å²) in [6.07, 6.45) is 4.52. The van der Waals surface area contributed by atoms with Gasteiger partial charge in [0, 0.05) is 15.0 Å². The van der Waals surface area contributed by atoms with Crippen LogP contribution in [-0.4, -0.2) is 50.3 Å². The maximum atomic E-state index is 12.0. The van der Waals surface area contributed by atoms with Gasteiger partial charge < -0.3 is 28.7 Å². The second kappa shape index (κ2) is 8.73. The molecular formula is C21H23IO9S-2. The molecule has 4 saturated carbocycles. The summed E-state index contributed by atoms with van der Waals surface area (Å²) in [5, 5.41) is 11.8. The topological polar surface area (TPSA) is 142 Å². The molecule has 0 aliphatic heterocycles. The Morgan fingerprint density at radius 3 is 2.41 bits per heavy atom. The first-order valence-corrected chi connectivity index (χ1v) is 12.9. The molecule has 1 aromatic rings. The lowest BCUT2D eigenvalue weighted by atomic mass is 9.48. The molecule has 1 aromatic carbocycles. The number of aliphatic carboxylic acids is 1. The molecule has 11 heteroatoms. The van der Waals surface area contributed by atoms with E-state index in [0.717, 1.165) is 25.3 Å². The third-order valence-corrected chi connectivity index (χ3v) is 8.88. The molecular weight excluding hydrogens is 555 g/mol. The summed E-state index contributed by atoms with van der Waals surface area (Å²) in [6, 6.07) is 3.77. The predicted molar refractivity (Wildman–Crippen MR) is 114 cm³/mol. The predicted octanol–water partition coefficient (Wildman–Crippen LogP) is 1.22. The van der Waals surface area contributed by atoms with Crippen LogP contribution in [0.15, 0.2) is 23.1 Å². The van der Waals surface area contributed by atoms with Gasteiger partial charge in [0.25, 0.3) is 0 Å². The van der Waals surface area contributed by atoms with E-state index in [0.29, 0.717) is 31.1 Å². The summed E-state index contributed by atoms with van der Waals surface area (Å²) in [7, 11) is -4.58. The fourth-order valence-corrected chi connectivity index (χ4v) is 7.79. The van der Waals surface area contributed by atoms with Gasteiger partial charge in [0.1, 0.15) is 22.5 Å². The van der Waals surface area contributed by atoms with Crippen LogP contribution in [0.25, 0.3) is 0 Å². The molecule has 4 bridgehead atoms. The number of carbonyl (C=O) groups excluding carboxylic acids is 2. The Hall–Kier alpha value is -1.44. The van der Waals surface area contributed by atoms with Crippen LogP contribution < -0.4 is 9.84 Å². The zero-order chi connectivity index (χ0) is 23.1. The minimum Gasteiger partial charge on any atom is -0.744 e. The maximum Gasteiger partial charge on any atom is 0.344 e. The van der Waals surface area contributed by atoms with Gasteiger partial charge in [0.15, 0.2) is 6.61 Å². The number of esters is 1. The molecule has 0 aromatic heterocycles. The van der Waals surface area contributed by atoms with Crippen LogP contribution in [0.5, 0.6) is 5.75 Å². The molecule has 0 saturated heterocycles. The Bertz CT molecular complexity index is 1010. The summed E-state index contributed by atoms with van der Waals surface area (Å²) in [6.45, 7) is -0.201. The molecule has 0 amide bonds.